The van der Waals surface area contributed by atoms with Gasteiger partial charge in [0.05, 0.1) is 7.11 Å². The summed E-state index contributed by atoms with van der Waals surface area (Å²) in [6, 6.07) is 5.12. The highest BCUT2D eigenvalue weighted by atomic mass is 127. The van der Waals surface area contributed by atoms with E-state index in [1.165, 1.54) is 13.2 Å². The average molecular weight is 318 g/mol. The maximum absolute atomic E-state index is 10.7. The number of hydrogen-bond acceptors (Lipinski definition) is 3. The van der Waals surface area contributed by atoms with E-state index >= 15 is 0 Å². The van der Waals surface area contributed by atoms with E-state index in [-0.39, 0.29) is 5.76 Å². The number of benzene rings is 1. The minimum atomic E-state index is -1.08. The number of fused-ring (bicyclic) bond motifs is 1. The highest BCUT2D eigenvalue weighted by Gasteiger charge is 2.14. The lowest BCUT2D eigenvalue weighted by Gasteiger charge is -2.00. The van der Waals surface area contributed by atoms with Crippen LogP contribution in [0.3, 0.4) is 0 Å². The van der Waals surface area contributed by atoms with Gasteiger partial charge in [0.1, 0.15) is 0 Å². The van der Waals surface area contributed by atoms with Crippen LogP contribution in [0.15, 0.2) is 22.6 Å². The van der Waals surface area contributed by atoms with Crippen LogP contribution < -0.4 is 4.74 Å². The predicted molar refractivity (Wildman–Crippen MR) is 62.4 cm³/mol. The second kappa shape index (κ2) is 3.73. The van der Waals surface area contributed by atoms with Gasteiger partial charge in [-0.2, -0.15) is 0 Å². The Morgan fingerprint density at radius 2 is 2.20 bits per heavy atom. The second-order valence-corrected chi connectivity index (χ2v) is 4.19. The summed E-state index contributed by atoms with van der Waals surface area (Å²) in [7, 11) is 1.52. The van der Waals surface area contributed by atoms with Crippen LogP contribution in [0.25, 0.3) is 11.0 Å². The fourth-order valence-corrected chi connectivity index (χ4v) is 1.96. The van der Waals surface area contributed by atoms with Crippen LogP contribution in [0, 0.1) is 3.57 Å². The van der Waals surface area contributed by atoms with Crippen molar-refractivity contribution in [3.8, 4) is 5.75 Å². The first-order chi connectivity index (χ1) is 7.11. The van der Waals surface area contributed by atoms with Crippen molar-refractivity contribution in [1.29, 1.82) is 0 Å². The van der Waals surface area contributed by atoms with E-state index in [0.29, 0.717) is 11.3 Å². The molecule has 0 radical (unpaired) electrons. The smallest absolute Gasteiger partial charge is 0.371 e. The SMILES string of the molecule is COc1cc(I)cc2cc(C(=O)O)oc12. The van der Waals surface area contributed by atoms with Crippen LogP contribution in [0.1, 0.15) is 10.6 Å². The van der Waals surface area contributed by atoms with Gasteiger partial charge in [-0.1, -0.05) is 0 Å². The van der Waals surface area contributed by atoms with Crippen LogP contribution >= 0.6 is 22.6 Å². The highest BCUT2D eigenvalue weighted by molar-refractivity contribution is 14.1. The molecule has 78 valence electrons. The van der Waals surface area contributed by atoms with Crippen LogP contribution in [-0.4, -0.2) is 18.2 Å². The van der Waals surface area contributed by atoms with E-state index in [2.05, 4.69) is 22.6 Å². The summed E-state index contributed by atoms with van der Waals surface area (Å²) in [5.41, 5.74) is 0.468. The zero-order chi connectivity index (χ0) is 11.0. The standard InChI is InChI=1S/C10H7IO4/c1-14-7-4-6(11)2-5-3-8(10(12)13)15-9(5)7/h2-4H,1H3,(H,12,13). The molecule has 0 amide bonds. The van der Waals surface area contributed by atoms with Gasteiger partial charge in [0.25, 0.3) is 0 Å². The Kier molecular flexibility index (Phi) is 2.56. The maximum Gasteiger partial charge on any atom is 0.371 e. The summed E-state index contributed by atoms with van der Waals surface area (Å²) < 4.78 is 11.3. The van der Waals surface area contributed by atoms with Gasteiger partial charge in [0, 0.05) is 8.96 Å². The minimum absolute atomic E-state index is 0.0784. The van der Waals surface area contributed by atoms with Crippen molar-refractivity contribution < 1.29 is 19.1 Å². The molecule has 1 aromatic heterocycles. The molecule has 0 saturated carbocycles. The summed E-state index contributed by atoms with van der Waals surface area (Å²) in [4.78, 5) is 10.7. The zero-order valence-electron chi connectivity index (χ0n) is 7.78. The molecule has 0 bridgehead atoms. The quantitative estimate of drug-likeness (QED) is 0.865. The van der Waals surface area contributed by atoms with Gasteiger partial charge in [0.2, 0.25) is 5.76 Å². The van der Waals surface area contributed by atoms with Gasteiger partial charge in [0.15, 0.2) is 11.3 Å². The van der Waals surface area contributed by atoms with Crippen molar-refractivity contribution in [1.82, 2.24) is 0 Å². The van der Waals surface area contributed by atoms with E-state index in [0.717, 1.165) is 8.96 Å². The average Bonchev–Trinajstić information content (AvgIpc) is 2.59. The zero-order valence-corrected chi connectivity index (χ0v) is 9.94. The first-order valence-corrected chi connectivity index (χ1v) is 5.20. The number of aromatic carboxylic acids is 1. The summed E-state index contributed by atoms with van der Waals surface area (Å²) in [5.74, 6) is -0.613. The van der Waals surface area contributed by atoms with E-state index in [1.54, 1.807) is 6.07 Å². The number of carboxylic acids is 1. The van der Waals surface area contributed by atoms with Gasteiger partial charge >= 0.3 is 5.97 Å². The molecule has 4 nitrogen and oxygen atoms in total. The molecule has 0 fully saturated rings. The summed E-state index contributed by atoms with van der Waals surface area (Å²) in [6.45, 7) is 0. The lowest BCUT2D eigenvalue weighted by atomic mass is 10.2. The molecule has 2 aromatic rings. The first-order valence-electron chi connectivity index (χ1n) is 4.12. The molecule has 1 N–H and O–H groups in total. The number of ether oxygens (including phenoxy) is 1. The fraction of sp³-hybridized carbons (Fsp3) is 0.100. The van der Waals surface area contributed by atoms with Crippen LogP contribution in [0.4, 0.5) is 0 Å². The molecule has 1 heterocycles. The molecule has 15 heavy (non-hydrogen) atoms. The summed E-state index contributed by atoms with van der Waals surface area (Å²) in [6.07, 6.45) is 0. The Labute approximate surface area is 99.0 Å². The largest absolute Gasteiger partial charge is 0.493 e. The Morgan fingerprint density at radius 1 is 1.47 bits per heavy atom. The molecule has 0 spiro atoms. The van der Waals surface area contributed by atoms with Crippen LogP contribution in [0.5, 0.6) is 5.75 Å². The predicted octanol–water partition coefficient (Wildman–Crippen LogP) is 2.74. The van der Waals surface area contributed by atoms with E-state index in [4.69, 9.17) is 14.3 Å². The van der Waals surface area contributed by atoms with Crippen molar-refractivity contribution >= 4 is 39.5 Å². The van der Waals surface area contributed by atoms with Gasteiger partial charge < -0.3 is 14.3 Å². The third kappa shape index (κ3) is 1.79. The number of hydrogen-bond donors (Lipinski definition) is 1. The van der Waals surface area contributed by atoms with Crippen molar-refractivity contribution in [3.63, 3.8) is 0 Å². The Morgan fingerprint density at radius 3 is 2.80 bits per heavy atom. The molecular formula is C10H7IO4. The number of methoxy groups -OCH3 is 1. The topological polar surface area (TPSA) is 59.7 Å². The second-order valence-electron chi connectivity index (χ2n) is 2.94. The van der Waals surface area contributed by atoms with Crippen molar-refractivity contribution in [2.24, 2.45) is 0 Å². The van der Waals surface area contributed by atoms with Crippen molar-refractivity contribution in [2.45, 2.75) is 0 Å². The number of carboxylic acid groups (broad SMARTS) is 1. The molecule has 5 heteroatoms. The van der Waals surface area contributed by atoms with Crippen LogP contribution in [0.2, 0.25) is 0 Å². The fourth-order valence-electron chi connectivity index (χ4n) is 1.34. The number of carbonyl (C=O) groups is 1. The maximum atomic E-state index is 10.7. The molecular weight excluding hydrogens is 311 g/mol. The summed E-state index contributed by atoms with van der Waals surface area (Å²) >= 11 is 2.13. The molecule has 1 aromatic carbocycles. The normalized spacial score (nSPS) is 10.5. The number of furan rings is 1. The van der Waals surface area contributed by atoms with Crippen molar-refractivity contribution in [3.05, 3.63) is 27.5 Å². The molecule has 0 aliphatic heterocycles. The minimum Gasteiger partial charge on any atom is -0.493 e. The summed E-state index contributed by atoms with van der Waals surface area (Å²) in [5, 5.41) is 9.51. The molecule has 0 atom stereocenters. The molecule has 0 aliphatic carbocycles. The van der Waals surface area contributed by atoms with Crippen molar-refractivity contribution in [2.75, 3.05) is 7.11 Å². The Bertz CT molecular complexity index is 529. The number of rotatable bonds is 2. The lowest BCUT2D eigenvalue weighted by molar-refractivity contribution is 0.0665. The molecule has 0 aliphatic rings. The molecule has 0 saturated heterocycles. The first kappa shape index (κ1) is 10.3. The van der Waals surface area contributed by atoms with Gasteiger partial charge in [-0.3, -0.25) is 0 Å². The monoisotopic (exact) mass is 318 g/mol. The Hall–Kier alpha value is -1.24. The number of halogens is 1. The third-order valence-corrected chi connectivity index (χ3v) is 2.60. The van der Waals surface area contributed by atoms with Gasteiger partial charge in [-0.25, -0.2) is 4.79 Å². The van der Waals surface area contributed by atoms with E-state index < -0.39 is 5.97 Å². The Balaban J connectivity index is 2.74. The van der Waals surface area contributed by atoms with Crippen LogP contribution in [-0.2, 0) is 0 Å². The van der Waals surface area contributed by atoms with E-state index in [9.17, 15) is 4.79 Å². The lowest BCUT2D eigenvalue weighted by Crippen LogP contribution is -1.91. The molecule has 0 unspecified atom stereocenters. The molecule has 2 rings (SSSR count). The third-order valence-electron chi connectivity index (χ3n) is 1.98. The van der Waals surface area contributed by atoms with Gasteiger partial charge in [-0.15, -0.1) is 0 Å². The van der Waals surface area contributed by atoms with Gasteiger partial charge in [-0.05, 0) is 40.8 Å². The highest BCUT2D eigenvalue weighted by Crippen LogP contribution is 2.30. The van der Waals surface area contributed by atoms with E-state index in [1.807, 2.05) is 6.07 Å².